The number of carbonyl (C=O) groups excluding carboxylic acids is 1. The Morgan fingerprint density at radius 1 is 1.58 bits per heavy atom. The molecule has 0 bridgehead atoms. The van der Waals surface area contributed by atoms with Gasteiger partial charge in [0.1, 0.15) is 5.88 Å². The topological polar surface area (TPSA) is 40.5 Å². The summed E-state index contributed by atoms with van der Waals surface area (Å²) >= 11 is 5.40. The van der Waals surface area contributed by atoms with Crippen LogP contribution in [0.5, 0.6) is 0 Å². The van der Waals surface area contributed by atoms with Crippen LogP contribution in [-0.4, -0.2) is 40.5 Å². The second-order valence-electron chi connectivity index (χ2n) is 3.51. The van der Waals surface area contributed by atoms with E-state index in [0.717, 1.165) is 0 Å². The highest BCUT2D eigenvalue weighted by Crippen LogP contribution is 2.20. The van der Waals surface area contributed by atoms with E-state index in [9.17, 15) is 9.90 Å². The molecule has 70 valence electrons. The number of carbonyl (C=O) groups is 1. The number of rotatable bonds is 1. The van der Waals surface area contributed by atoms with E-state index in [1.165, 1.54) is 0 Å². The van der Waals surface area contributed by atoms with Gasteiger partial charge >= 0.3 is 0 Å². The molecule has 0 aromatic carbocycles. The van der Waals surface area contributed by atoms with Crippen molar-refractivity contribution in [3.63, 3.8) is 0 Å². The number of halogens is 1. The summed E-state index contributed by atoms with van der Waals surface area (Å²) in [5, 5.41) is 9.58. The summed E-state index contributed by atoms with van der Waals surface area (Å²) in [7, 11) is 0. The molecule has 0 unspecified atom stereocenters. The molecule has 4 heteroatoms. The minimum atomic E-state index is -0.594. The fourth-order valence-corrected chi connectivity index (χ4v) is 1.49. The van der Waals surface area contributed by atoms with Crippen molar-refractivity contribution in [1.82, 2.24) is 4.90 Å². The monoisotopic (exact) mass is 191 g/mol. The quantitative estimate of drug-likeness (QED) is 0.617. The van der Waals surface area contributed by atoms with Gasteiger partial charge in [-0.05, 0) is 19.8 Å². The van der Waals surface area contributed by atoms with Gasteiger partial charge in [-0.3, -0.25) is 4.79 Å². The Bertz CT molecular complexity index is 172. The lowest BCUT2D eigenvalue weighted by molar-refractivity contribution is -0.132. The predicted octanol–water partition coefficient (Wildman–Crippen LogP) is 0.599. The Balaban J connectivity index is 2.41. The lowest BCUT2D eigenvalue weighted by Crippen LogP contribution is -2.45. The van der Waals surface area contributed by atoms with Crippen molar-refractivity contribution in [3.05, 3.63) is 0 Å². The number of likely N-dealkylation sites (tertiary alicyclic amines) is 1. The number of hydrogen-bond acceptors (Lipinski definition) is 2. The molecule has 1 N–H and O–H groups in total. The summed E-state index contributed by atoms with van der Waals surface area (Å²) in [5.74, 6) is 0.00876. The van der Waals surface area contributed by atoms with Gasteiger partial charge in [-0.2, -0.15) is 0 Å². The number of hydrogen-bond donors (Lipinski definition) is 1. The van der Waals surface area contributed by atoms with Crippen LogP contribution >= 0.6 is 11.6 Å². The SMILES string of the molecule is CC1(O)CCN(C(=O)CCl)CC1. The van der Waals surface area contributed by atoms with Crippen molar-refractivity contribution in [1.29, 1.82) is 0 Å². The first-order chi connectivity index (χ1) is 5.55. The van der Waals surface area contributed by atoms with Crippen LogP contribution in [0, 0.1) is 0 Å². The standard InChI is InChI=1S/C8H14ClNO2/c1-8(12)2-4-10(5-3-8)7(11)6-9/h12H,2-6H2,1H3. The first-order valence-corrected chi connectivity index (χ1v) is 4.65. The van der Waals surface area contributed by atoms with Crippen LogP contribution in [0.25, 0.3) is 0 Å². The number of piperidine rings is 1. The van der Waals surface area contributed by atoms with E-state index in [1.807, 2.05) is 0 Å². The molecule has 12 heavy (non-hydrogen) atoms. The van der Waals surface area contributed by atoms with E-state index in [-0.39, 0.29) is 11.8 Å². The van der Waals surface area contributed by atoms with Crippen molar-refractivity contribution < 1.29 is 9.90 Å². The van der Waals surface area contributed by atoms with Crippen LogP contribution in [0.3, 0.4) is 0 Å². The van der Waals surface area contributed by atoms with Gasteiger partial charge in [-0.25, -0.2) is 0 Å². The molecule has 0 aromatic heterocycles. The van der Waals surface area contributed by atoms with Gasteiger partial charge < -0.3 is 10.0 Å². The molecule has 0 aromatic rings. The largest absolute Gasteiger partial charge is 0.390 e. The van der Waals surface area contributed by atoms with Gasteiger partial charge in [-0.1, -0.05) is 0 Å². The Hall–Kier alpha value is -0.280. The predicted molar refractivity (Wildman–Crippen MR) is 47.2 cm³/mol. The maximum absolute atomic E-state index is 11.1. The van der Waals surface area contributed by atoms with Gasteiger partial charge in [0.25, 0.3) is 0 Å². The van der Waals surface area contributed by atoms with Crippen molar-refractivity contribution in [2.75, 3.05) is 19.0 Å². The third-order valence-corrected chi connectivity index (χ3v) is 2.54. The number of nitrogens with zero attached hydrogens (tertiary/aromatic N) is 1. The molecule has 0 atom stereocenters. The molecular weight excluding hydrogens is 178 g/mol. The third-order valence-electron chi connectivity index (χ3n) is 2.31. The smallest absolute Gasteiger partial charge is 0.237 e. The van der Waals surface area contributed by atoms with E-state index in [4.69, 9.17) is 11.6 Å². The van der Waals surface area contributed by atoms with E-state index in [1.54, 1.807) is 11.8 Å². The van der Waals surface area contributed by atoms with Crippen molar-refractivity contribution in [3.8, 4) is 0 Å². The fourth-order valence-electron chi connectivity index (χ4n) is 1.32. The van der Waals surface area contributed by atoms with Crippen molar-refractivity contribution in [2.24, 2.45) is 0 Å². The summed E-state index contributed by atoms with van der Waals surface area (Å²) in [6.07, 6.45) is 1.30. The summed E-state index contributed by atoms with van der Waals surface area (Å²) in [5.41, 5.74) is -0.594. The van der Waals surface area contributed by atoms with Crippen LogP contribution < -0.4 is 0 Å². The first-order valence-electron chi connectivity index (χ1n) is 4.11. The molecule has 1 aliphatic rings. The second-order valence-corrected chi connectivity index (χ2v) is 3.78. The maximum Gasteiger partial charge on any atom is 0.237 e. The minimum absolute atomic E-state index is 0.0350. The van der Waals surface area contributed by atoms with Crippen LogP contribution in [0.1, 0.15) is 19.8 Å². The summed E-state index contributed by atoms with van der Waals surface area (Å²) < 4.78 is 0. The normalized spacial score (nSPS) is 22.4. The van der Waals surface area contributed by atoms with Crippen LogP contribution in [0.4, 0.5) is 0 Å². The molecule has 1 fully saturated rings. The Labute approximate surface area is 77.3 Å². The van der Waals surface area contributed by atoms with Gasteiger partial charge in [0.15, 0.2) is 0 Å². The summed E-state index contributed by atoms with van der Waals surface area (Å²) in [4.78, 5) is 12.8. The van der Waals surface area contributed by atoms with E-state index < -0.39 is 5.60 Å². The zero-order chi connectivity index (χ0) is 9.19. The van der Waals surface area contributed by atoms with E-state index in [0.29, 0.717) is 25.9 Å². The van der Waals surface area contributed by atoms with E-state index in [2.05, 4.69) is 0 Å². The fraction of sp³-hybridized carbons (Fsp3) is 0.875. The first kappa shape index (κ1) is 9.81. The van der Waals surface area contributed by atoms with Crippen LogP contribution in [0.15, 0.2) is 0 Å². The van der Waals surface area contributed by atoms with Crippen molar-refractivity contribution >= 4 is 17.5 Å². The van der Waals surface area contributed by atoms with Gasteiger partial charge in [-0.15, -0.1) is 11.6 Å². The number of alkyl halides is 1. The molecule has 0 radical (unpaired) electrons. The summed E-state index contributed by atoms with van der Waals surface area (Å²) in [6.45, 7) is 3.05. The molecule has 1 amide bonds. The number of aliphatic hydroxyl groups is 1. The highest BCUT2D eigenvalue weighted by atomic mass is 35.5. The molecule has 1 aliphatic heterocycles. The highest BCUT2D eigenvalue weighted by molar-refractivity contribution is 6.27. The van der Waals surface area contributed by atoms with Gasteiger partial charge in [0, 0.05) is 13.1 Å². The van der Waals surface area contributed by atoms with Crippen LogP contribution in [0.2, 0.25) is 0 Å². The second kappa shape index (κ2) is 3.62. The maximum atomic E-state index is 11.1. The molecule has 1 saturated heterocycles. The minimum Gasteiger partial charge on any atom is -0.390 e. The summed E-state index contributed by atoms with van der Waals surface area (Å²) in [6, 6.07) is 0. The van der Waals surface area contributed by atoms with Gasteiger partial charge in [0.05, 0.1) is 5.60 Å². The molecule has 0 saturated carbocycles. The van der Waals surface area contributed by atoms with Crippen molar-refractivity contribution in [2.45, 2.75) is 25.4 Å². The Morgan fingerprint density at radius 3 is 2.50 bits per heavy atom. The Morgan fingerprint density at radius 2 is 2.08 bits per heavy atom. The zero-order valence-corrected chi connectivity index (χ0v) is 7.97. The van der Waals surface area contributed by atoms with E-state index >= 15 is 0 Å². The average molecular weight is 192 g/mol. The van der Waals surface area contributed by atoms with Crippen LogP contribution in [-0.2, 0) is 4.79 Å². The third kappa shape index (κ3) is 2.35. The molecular formula is C8H14ClNO2. The number of amides is 1. The Kier molecular flexibility index (Phi) is 2.96. The molecule has 0 spiro atoms. The van der Waals surface area contributed by atoms with Gasteiger partial charge in [0.2, 0.25) is 5.91 Å². The molecule has 1 rings (SSSR count). The lowest BCUT2D eigenvalue weighted by atomic mass is 9.94. The molecule has 1 heterocycles. The lowest BCUT2D eigenvalue weighted by Gasteiger charge is -2.35. The molecule has 3 nitrogen and oxygen atoms in total. The molecule has 0 aliphatic carbocycles. The average Bonchev–Trinajstić information content (AvgIpc) is 2.03. The highest BCUT2D eigenvalue weighted by Gasteiger charge is 2.28. The zero-order valence-electron chi connectivity index (χ0n) is 7.22.